The largest absolute Gasteiger partial charge is 0.495 e. The highest BCUT2D eigenvalue weighted by atomic mass is 16.6. The van der Waals surface area contributed by atoms with E-state index in [1.54, 1.807) is 24.2 Å². The maximum Gasteiger partial charge on any atom is 0.410 e. The number of methoxy groups -OCH3 is 1. The van der Waals surface area contributed by atoms with Crippen LogP contribution in [0.15, 0.2) is 36.8 Å². The van der Waals surface area contributed by atoms with Crippen LogP contribution < -0.4 is 9.64 Å². The van der Waals surface area contributed by atoms with Crippen LogP contribution in [0.5, 0.6) is 5.75 Å². The van der Waals surface area contributed by atoms with Gasteiger partial charge in [0.05, 0.1) is 37.3 Å². The molecule has 1 saturated carbocycles. The fraction of sp³-hybridized carbons (Fsp3) is 0.586. The Labute approximate surface area is 235 Å². The lowest BCUT2D eigenvalue weighted by molar-refractivity contribution is 0.00733. The molecule has 3 aromatic heterocycles. The predicted octanol–water partition coefficient (Wildman–Crippen LogP) is 4.75. The third-order valence-electron chi connectivity index (χ3n) is 7.72. The fourth-order valence-corrected chi connectivity index (χ4v) is 5.20. The molecule has 0 aromatic carbocycles. The second kappa shape index (κ2) is 11.8. The first-order valence-electron chi connectivity index (χ1n) is 14.2. The Hall–Kier alpha value is -3.76. The number of carbonyl (C=O) groups is 1. The molecule has 0 radical (unpaired) electrons. The van der Waals surface area contributed by atoms with Gasteiger partial charge in [0.15, 0.2) is 5.82 Å². The van der Waals surface area contributed by atoms with E-state index in [0.29, 0.717) is 17.4 Å². The molecule has 0 N–H and O–H groups in total. The molecular formula is C29H40N8O3. The van der Waals surface area contributed by atoms with Gasteiger partial charge in [-0.1, -0.05) is 11.6 Å². The minimum absolute atomic E-state index is 0.0873. The monoisotopic (exact) mass is 548 g/mol. The topological polar surface area (TPSA) is 111 Å². The van der Waals surface area contributed by atoms with Gasteiger partial charge in [0.1, 0.15) is 17.0 Å². The summed E-state index contributed by atoms with van der Waals surface area (Å²) in [7, 11) is 1.61. The van der Waals surface area contributed by atoms with Gasteiger partial charge < -0.3 is 19.3 Å². The molecule has 11 heteroatoms. The van der Waals surface area contributed by atoms with E-state index in [9.17, 15) is 4.79 Å². The Kier molecular flexibility index (Phi) is 8.18. The van der Waals surface area contributed by atoms with Crippen molar-refractivity contribution >= 4 is 11.9 Å². The molecule has 0 bridgehead atoms. The molecule has 5 rings (SSSR count). The Morgan fingerprint density at radius 1 is 1.12 bits per heavy atom. The average Bonchev–Trinajstić information content (AvgIpc) is 3.42. The number of hydrogen-bond acceptors (Lipinski definition) is 9. The molecule has 2 fully saturated rings. The van der Waals surface area contributed by atoms with Crippen molar-refractivity contribution < 1.29 is 14.3 Å². The Morgan fingerprint density at radius 2 is 1.95 bits per heavy atom. The summed E-state index contributed by atoms with van der Waals surface area (Å²) in [4.78, 5) is 21.6. The van der Waals surface area contributed by atoms with E-state index in [2.05, 4.69) is 30.4 Å². The van der Waals surface area contributed by atoms with Crippen LogP contribution in [0.25, 0.3) is 11.3 Å². The molecule has 1 aliphatic heterocycles. The lowest BCUT2D eigenvalue weighted by Crippen LogP contribution is -2.53. The summed E-state index contributed by atoms with van der Waals surface area (Å²) in [5.41, 5.74) is 1.81. The summed E-state index contributed by atoms with van der Waals surface area (Å²) >= 11 is 0. The third-order valence-corrected chi connectivity index (χ3v) is 7.72. The van der Waals surface area contributed by atoms with Crippen LogP contribution >= 0.6 is 0 Å². The van der Waals surface area contributed by atoms with E-state index in [4.69, 9.17) is 9.47 Å². The van der Waals surface area contributed by atoms with Crippen molar-refractivity contribution in [2.45, 2.75) is 77.5 Å². The first kappa shape index (κ1) is 27.8. The van der Waals surface area contributed by atoms with E-state index in [1.165, 1.54) is 19.3 Å². The highest BCUT2D eigenvalue weighted by Crippen LogP contribution is 2.31. The molecule has 11 nitrogen and oxygen atoms in total. The molecule has 4 heterocycles. The molecule has 214 valence electrons. The van der Waals surface area contributed by atoms with Crippen LogP contribution in [0.2, 0.25) is 0 Å². The molecule has 2 atom stereocenters. The molecule has 1 aliphatic carbocycles. The van der Waals surface area contributed by atoms with E-state index in [1.807, 2.05) is 57.0 Å². The van der Waals surface area contributed by atoms with Crippen molar-refractivity contribution in [2.75, 3.05) is 31.6 Å². The zero-order chi connectivity index (χ0) is 28.3. The number of piperidine rings is 1. The number of carbonyl (C=O) groups excluding carboxylic acids is 1. The summed E-state index contributed by atoms with van der Waals surface area (Å²) in [5, 5.41) is 17.7. The van der Waals surface area contributed by atoms with Crippen LogP contribution in [0.3, 0.4) is 0 Å². The van der Waals surface area contributed by atoms with Gasteiger partial charge in [-0.05, 0) is 77.5 Å². The quantitative estimate of drug-likeness (QED) is 0.393. The van der Waals surface area contributed by atoms with Gasteiger partial charge in [-0.2, -0.15) is 5.10 Å². The number of pyridine rings is 1. The van der Waals surface area contributed by atoms with Gasteiger partial charge in [0, 0.05) is 31.4 Å². The first-order valence-corrected chi connectivity index (χ1v) is 14.2. The van der Waals surface area contributed by atoms with Crippen molar-refractivity contribution in [1.29, 1.82) is 0 Å². The summed E-state index contributed by atoms with van der Waals surface area (Å²) in [5.74, 6) is 2.05. The molecule has 40 heavy (non-hydrogen) atoms. The third kappa shape index (κ3) is 6.51. The number of amides is 1. The van der Waals surface area contributed by atoms with Crippen LogP contribution in [-0.2, 0) is 4.74 Å². The number of ether oxygens (including phenoxy) is 2. The molecule has 3 aromatic rings. The highest BCUT2D eigenvalue weighted by Gasteiger charge is 2.35. The van der Waals surface area contributed by atoms with Crippen LogP contribution in [0.4, 0.5) is 10.6 Å². The lowest BCUT2D eigenvalue weighted by atomic mass is 9.84. The average molecular weight is 549 g/mol. The maximum absolute atomic E-state index is 13.2. The van der Waals surface area contributed by atoms with E-state index < -0.39 is 5.60 Å². The SMILES string of the molecule is COc1cncc(-c2cn(C(C)c3ccc(N4CCC[C@@H](N(CC5CCC5)C(=O)OC(C)(C)C)C4)nn3)nn2)c1. The summed E-state index contributed by atoms with van der Waals surface area (Å²) in [6.45, 7) is 10.2. The lowest BCUT2D eigenvalue weighted by Gasteiger charge is -2.42. The molecule has 2 aliphatic rings. The van der Waals surface area contributed by atoms with Gasteiger partial charge in [-0.15, -0.1) is 10.2 Å². The van der Waals surface area contributed by atoms with Gasteiger partial charge in [-0.25, -0.2) is 9.48 Å². The second-order valence-electron chi connectivity index (χ2n) is 11.9. The van der Waals surface area contributed by atoms with Gasteiger partial charge in [0.25, 0.3) is 0 Å². The minimum atomic E-state index is -0.517. The Balaban J connectivity index is 1.26. The highest BCUT2D eigenvalue weighted by molar-refractivity contribution is 5.69. The number of aromatic nitrogens is 6. The predicted molar refractivity (Wildman–Crippen MR) is 151 cm³/mol. The normalized spacial score (nSPS) is 18.6. The van der Waals surface area contributed by atoms with Crippen molar-refractivity contribution in [3.8, 4) is 17.0 Å². The standard InChI is InChI=1S/C29H40N8O3/c1-20(37-19-26(32-34-37)22-14-24(39-5)16-30-15-22)25-11-12-27(33-31-25)35-13-7-10-23(18-35)36(17-21-8-6-9-21)28(38)40-29(2,3)4/h11-12,14-16,19-21,23H,6-10,13,17-18H2,1-5H3/t20?,23-/m1/s1. The molecule has 1 amide bonds. The molecular weight excluding hydrogens is 508 g/mol. The van der Waals surface area contributed by atoms with Gasteiger partial charge in [-0.3, -0.25) is 4.98 Å². The van der Waals surface area contributed by atoms with Crippen molar-refractivity contribution in [1.82, 2.24) is 35.1 Å². The summed E-state index contributed by atoms with van der Waals surface area (Å²) in [6, 6.07) is 5.81. The zero-order valence-corrected chi connectivity index (χ0v) is 24.2. The Morgan fingerprint density at radius 3 is 2.62 bits per heavy atom. The summed E-state index contributed by atoms with van der Waals surface area (Å²) < 4.78 is 12.8. The van der Waals surface area contributed by atoms with Crippen LogP contribution in [-0.4, -0.2) is 79.6 Å². The number of rotatable bonds is 8. The van der Waals surface area contributed by atoms with Gasteiger partial charge in [0.2, 0.25) is 0 Å². The van der Waals surface area contributed by atoms with E-state index in [0.717, 1.165) is 49.6 Å². The number of nitrogens with zero attached hydrogens (tertiary/aromatic N) is 8. The first-order chi connectivity index (χ1) is 19.2. The van der Waals surface area contributed by atoms with Crippen molar-refractivity contribution in [3.63, 3.8) is 0 Å². The molecule has 1 saturated heterocycles. The number of anilines is 1. The zero-order valence-electron chi connectivity index (χ0n) is 24.2. The molecule has 1 unspecified atom stereocenters. The fourth-order valence-electron chi connectivity index (χ4n) is 5.20. The number of hydrogen-bond donors (Lipinski definition) is 0. The smallest absolute Gasteiger partial charge is 0.410 e. The van der Waals surface area contributed by atoms with Gasteiger partial charge >= 0.3 is 6.09 Å². The van der Waals surface area contributed by atoms with Crippen molar-refractivity contribution in [3.05, 3.63) is 42.5 Å². The van der Waals surface area contributed by atoms with Crippen LogP contribution in [0, 0.1) is 5.92 Å². The van der Waals surface area contributed by atoms with E-state index >= 15 is 0 Å². The molecule has 0 spiro atoms. The maximum atomic E-state index is 13.2. The second-order valence-corrected chi connectivity index (χ2v) is 11.9. The van der Waals surface area contributed by atoms with Crippen LogP contribution in [0.1, 0.15) is 71.5 Å². The van der Waals surface area contributed by atoms with Crippen molar-refractivity contribution in [2.24, 2.45) is 5.92 Å². The Bertz CT molecular complexity index is 1280. The minimum Gasteiger partial charge on any atom is -0.495 e. The van der Waals surface area contributed by atoms with E-state index in [-0.39, 0.29) is 18.2 Å². The summed E-state index contributed by atoms with van der Waals surface area (Å²) in [6.07, 6.45) is 10.6.